The van der Waals surface area contributed by atoms with E-state index in [9.17, 15) is 4.79 Å². The van der Waals surface area contributed by atoms with Crippen LogP contribution in [0.5, 0.6) is 0 Å². The van der Waals surface area contributed by atoms with Crippen LogP contribution in [0.1, 0.15) is 50.4 Å². The van der Waals surface area contributed by atoms with Crippen LogP contribution < -0.4 is 5.32 Å². The van der Waals surface area contributed by atoms with E-state index in [-0.39, 0.29) is 11.8 Å². The molecule has 5 nitrogen and oxygen atoms in total. The highest BCUT2D eigenvalue weighted by Gasteiger charge is 2.25. The van der Waals surface area contributed by atoms with Crippen molar-refractivity contribution in [3.05, 3.63) is 15.9 Å². The highest BCUT2D eigenvalue weighted by Crippen LogP contribution is 2.22. The Balaban J connectivity index is 1.75. The number of carbonyl (C=O) groups is 1. The third kappa shape index (κ3) is 5.05. The van der Waals surface area contributed by atoms with E-state index >= 15 is 0 Å². The number of unbranched alkanes of at least 4 members (excludes halogenated alkanes) is 2. The maximum Gasteiger partial charge on any atom is 0.223 e. The number of aryl methyl sites for hydroxylation is 1. The molecule has 2 heterocycles. The molecule has 1 aliphatic heterocycles. The molecule has 1 aliphatic rings. The number of amides is 1. The van der Waals surface area contributed by atoms with Crippen molar-refractivity contribution in [2.24, 2.45) is 5.92 Å². The Bertz CT molecular complexity index is 521. The third-order valence-corrected chi connectivity index (χ3v) is 5.81. The number of hydrogen-bond acceptors (Lipinski definition) is 3. The monoisotopic (exact) mass is 384 g/mol. The van der Waals surface area contributed by atoms with Gasteiger partial charge in [-0.3, -0.25) is 14.4 Å². The van der Waals surface area contributed by atoms with E-state index in [4.69, 9.17) is 0 Å². The lowest BCUT2D eigenvalue weighted by Crippen LogP contribution is -2.41. The highest BCUT2D eigenvalue weighted by atomic mass is 79.9. The SMILES string of the molecule is CCCCCNC(=O)C1CCN(Cn2nc(C)c(Br)c2C)CC1. The maximum atomic E-state index is 12.2. The molecular weight excluding hydrogens is 356 g/mol. The van der Waals surface area contributed by atoms with Crippen LogP contribution in [0.25, 0.3) is 0 Å². The fraction of sp³-hybridized carbons (Fsp3) is 0.765. The van der Waals surface area contributed by atoms with Gasteiger partial charge in [-0.25, -0.2) is 0 Å². The summed E-state index contributed by atoms with van der Waals surface area (Å²) in [6.07, 6.45) is 5.36. The standard InChI is InChI=1S/C17H29BrN4O/c1-4-5-6-9-19-17(23)15-7-10-21(11-8-15)12-22-14(3)16(18)13(2)20-22/h15H,4-12H2,1-3H3,(H,19,23). The number of carbonyl (C=O) groups excluding carboxylic acids is 1. The van der Waals surface area contributed by atoms with E-state index in [2.05, 4.69) is 45.1 Å². The second-order valence-electron chi connectivity index (χ2n) is 6.52. The molecule has 1 N–H and O–H groups in total. The van der Waals surface area contributed by atoms with Gasteiger partial charge in [0.1, 0.15) is 0 Å². The van der Waals surface area contributed by atoms with Crippen molar-refractivity contribution in [3.8, 4) is 0 Å². The molecule has 0 spiro atoms. The Morgan fingerprint density at radius 3 is 2.57 bits per heavy atom. The van der Waals surface area contributed by atoms with Crippen molar-refractivity contribution in [1.29, 1.82) is 0 Å². The average molecular weight is 385 g/mol. The van der Waals surface area contributed by atoms with Crippen molar-refractivity contribution < 1.29 is 4.79 Å². The number of hydrogen-bond donors (Lipinski definition) is 1. The van der Waals surface area contributed by atoms with Gasteiger partial charge in [-0.05, 0) is 49.0 Å². The zero-order chi connectivity index (χ0) is 16.8. The summed E-state index contributed by atoms with van der Waals surface area (Å²) in [4.78, 5) is 14.6. The molecule has 1 aromatic rings. The number of rotatable bonds is 7. The summed E-state index contributed by atoms with van der Waals surface area (Å²) < 4.78 is 3.14. The quantitative estimate of drug-likeness (QED) is 0.734. The smallest absolute Gasteiger partial charge is 0.223 e. The van der Waals surface area contributed by atoms with Crippen molar-refractivity contribution in [2.75, 3.05) is 19.6 Å². The molecule has 0 aliphatic carbocycles. The second kappa shape index (κ2) is 8.83. The van der Waals surface area contributed by atoms with E-state index in [0.717, 1.165) is 55.7 Å². The van der Waals surface area contributed by atoms with Crippen molar-refractivity contribution in [2.45, 2.75) is 59.5 Å². The molecule has 0 aromatic carbocycles. The zero-order valence-corrected chi connectivity index (χ0v) is 16.2. The van der Waals surface area contributed by atoms with E-state index < -0.39 is 0 Å². The second-order valence-corrected chi connectivity index (χ2v) is 7.31. The van der Waals surface area contributed by atoms with Crippen LogP contribution in [0.4, 0.5) is 0 Å². The van der Waals surface area contributed by atoms with Crippen LogP contribution in [0.2, 0.25) is 0 Å². The molecule has 0 saturated carbocycles. The van der Waals surface area contributed by atoms with Gasteiger partial charge in [0.2, 0.25) is 5.91 Å². The Morgan fingerprint density at radius 2 is 2.00 bits per heavy atom. The van der Waals surface area contributed by atoms with Crippen LogP contribution >= 0.6 is 15.9 Å². The first-order valence-corrected chi connectivity index (χ1v) is 9.51. The van der Waals surface area contributed by atoms with Crippen LogP contribution in [0.3, 0.4) is 0 Å². The molecule has 1 aromatic heterocycles. The van der Waals surface area contributed by atoms with Gasteiger partial charge in [-0.2, -0.15) is 5.10 Å². The fourth-order valence-electron chi connectivity index (χ4n) is 3.07. The van der Waals surface area contributed by atoms with Gasteiger partial charge in [0, 0.05) is 25.6 Å². The number of piperidine rings is 1. The molecule has 0 bridgehead atoms. The van der Waals surface area contributed by atoms with E-state index in [1.165, 1.54) is 18.5 Å². The topological polar surface area (TPSA) is 50.2 Å². The van der Waals surface area contributed by atoms with E-state index in [0.29, 0.717) is 0 Å². The normalized spacial score (nSPS) is 16.7. The molecule has 23 heavy (non-hydrogen) atoms. The predicted molar refractivity (Wildman–Crippen MR) is 96.2 cm³/mol. The summed E-state index contributed by atoms with van der Waals surface area (Å²) in [5, 5.41) is 7.66. The number of likely N-dealkylation sites (tertiary alicyclic amines) is 1. The minimum absolute atomic E-state index is 0.181. The molecule has 1 saturated heterocycles. The molecule has 1 fully saturated rings. The summed E-state index contributed by atoms with van der Waals surface area (Å²) in [6.45, 7) is 9.84. The number of nitrogens with one attached hydrogen (secondary N) is 1. The summed E-state index contributed by atoms with van der Waals surface area (Å²) in [5.41, 5.74) is 2.20. The number of aromatic nitrogens is 2. The summed E-state index contributed by atoms with van der Waals surface area (Å²) in [6, 6.07) is 0. The largest absolute Gasteiger partial charge is 0.356 e. The number of halogens is 1. The average Bonchev–Trinajstić information content (AvgIpc) is 2.79. The van der Waals surface area contributed by atoms with Crippen LogP contribution in [-0.4, -0.2) is 40.2 Å². The van der Waals surface area contributed by atoms with Crippen LogP contribution in [-0.2, 0) is 11.5 Å². The van der Waals surface area contributed by atoms with Gasteiger partial charge < -0.3 is 5.32 Å². The molecular formula is C17H29BrN4O. The summed E-state index contributed by atoms with van der Waals surface area (Å²) >= 11 is 3.57. The molecule has 2 rings (SSSR count). The molecule has 0 unspecified atom stereocenters. The lowest BCUT2D eigenvalue weighted by atomic mass is 9.96. The van der Waals surface area contributed by atoms with Crippen molar-refractivity contribution >= 4 is 21.8 Å². The third-order valence-electron chi connectivity index (χ3n) is 4.67. The van der Waals surface area contributed by atoms with Gasteiger partial charge in [0.05, 0.1) is 22.5 Å². The molecule has 6 heteroatoms. The number of nitrogens with zero attached hydrogens (tertiary/aromatic N) is 3. The van der Waals surface area contributed by atoms with E-state index in [1.54, 1.807) is 0 Å². The van der Waals surface area contributed by atoms with Crippen LogP contribution in [0.15, 0.2) is 4.47 Å². The predicted octanol–water partition coefficient (Wildman–Crippen LogP) is 3.24. The van der Waals surface area contributed by atoms with Gasteiger partial charge in [0.25, 0.3) is 0 Å². The first-order chi connectivity index (χ1) is 11.0. The first-order valence-electron chi connectivity index (χ1n) is 8.72. The van der Waals surface area contributed by atoms with Gasteiger partial charge in [0.15, 0.2) is 0 Å². The Hall–Kier alpha value is -0.880. The minimum atomic E-state index is 0.181. The van der Waals surface area contributed by atoms with Crippen molar-refractivity contribution in [3.63, 3.8) is 0 Å². The van der Waals surface area contributed by atoms with Crippen LogP contribution in [0, 0.1) is 19.8 Å². The maximum absolute atomic E-state index is 12.2. The molecule has 130 valence electrons. The Labute approximate surface area is 147 Å². The summed E-state index contributed by atoms with van der Waals surface area (Å²) in [5.74, 6) is 0.426. The Morgan fingerprint density at radius 1 is 1.30 bits per heavy atom. The first kappa shape index (κ1) is 18.5. The lowest BCUT2D eigenvalue weighted by Gasteiger charge is -2.31. The van der Waals surface area contributed by atoms with Gasteiger partial charge in [-0.1, -0.05) is 19.8 Å². The van der Waals surface area contributed by atoms with Gasteiger partial charge >= 0.3 is 0 Å². The summed E-state index contributed by atoms with van der Waals surface area (Å²) in [7, 11) is 0. The zero-order valence-electron chi connectivity index (χ0n) is 14.6. The molecule has 0 atom stereocenters. The molecule has 1 amide bonds. The Kier molecular flexibility index (Phi) is 7.09. The highest BCUT2D eigenvalue weighted by molar-refractivity contribution is 9.10. The van der Waals surface area contributed by atoms with Crippen molar-refractivity contribution in [1.82, 2.24) is 20.0 Å². The lowest BCUT2D eigenvalue weighted by molar-refractivity contribution is -0.126. The minimum Gasteiger partial charge on any atom is -0.356 e. The molecule has 0 radical (unpaired) electrons. The van der Waals surface area contributed by atoms with Gasteiger partial charge in [-0.15, -0.1) is 0 Å². The van der Waals surface area contributed by atoms with E-state index in [1.807, 2.05) is 11.6 Å². The fourth-order valence-corrected chi connectivity index (χ4v) is 3.35.